The average molecular weight is 475 g/mol. The second-order valence-corrected chi connectivity index (χ2v) is 14.4. The molecule has 3 aliphatic heterocycles. The van der Waals surface area contributed by atoms with Crippen molar-refractivity contribution in [3.63, 3.8) is 0 Å². The van der Waals surface area contributed by atoms with Crippen molar-refractivity contribution in [2.75, 3.05) is 11.9 Å². The molecule has 0 radical (unpaired) electrons. The molecule has 2 aromatic rings. The Morgan fingerprint density at radius 2 is 2.10 bits per heavy atom. The summed E-state index contributed by atoms with van der Waals surface area (Å²) >= 11 is 5.98. The summed E-state index contributed by atoms with van der Waals surface area (Å²) in [6.45, 7) is 9.03. The van der Waals surface area contributed by atoms with E-state index in [9.17, 15) is 4.79 Å². The zero-order chi connectivity index (χ0) is 22.2. The molecule has 3 aliphatic rings. The maximum absolute atomic E-state index is 12.9. The summed E-state index contributed by atoms with van der Waals surface area (Å²) in [5.41, 5.74) is 8.71. The summed E-state index contributed by atoms with van der Waals surface area (Å²) in [5, 5.41) is 3.48. The standard InChI is InChI=1S/C22H24ClN4O2PS/c1-12-9-13(23)11-25-17(12)18(28)26-14-5-6-16-15(10-14)21(4)22(7-8-29-16)30-31(22)20(2,3)19(24)27-21/h5-6,9-11H,7-8H2,1-4H3,(H2,24,27)(H,26,28)/t21-,22-,31?/m1/s1. The lowest BCUT2D eigenvalue weighted by atomic mass is 9.85. The summed E-state index contributed by atoms with van der Waals surface area (Å²) in [7, 11) is 1.51. The molecule has 1 spiro atoms. The van der Waals surface area contributed by atoms with Gasteiger partial charge in [0, 0.05) is 23.9 Å². The SMILES string of the molecule is Cc1cc(Cl)cnc1C(=O)Nc1ccc2c(c1)[C@@]1(C)N=C(N)C(C)(C)S3=P[C@]31CCO2. The molecule has 1 unspecified atom stereocenters. The van der Waals surface area contributed by atoms with E-state index in [2.05, 4.69) is 31.1 Å². The van der Waals surface area contributed by atoms with Crippen molar-refractivity contribution < 1.29 is 9.53 Å². The van der Waals surface area contributed by atoms with Crippen LogP contribution in [-0.4, -0.2) is 32.6 Å². The van der Waals surface area contributed by atoms with E-state index in [-0.39, 0.29) is 25.2 Å². The number of rotatable bonds is 2. The topological polar surface area (TPSA) is 89.6 Å². The summed E-state index contributed by atoms with van der Waals surface area (Å²) in [6.07, 6.45) is 2.42. The van der Waals surface area contributed by atoms with Gasteiger partial charge in [0.25, 0.3) is 5.91 Å². The van der Waals surface area contributed by atoms with Crippen molar-refractivity contribution in [3.05, 3.63) is 52.3 Å². The maximum Gasteiger partial charge on any atom is 0.274 e. The molecule has 0 bridgehead atoms. The predicted octanol–water partition coefficient (Wildman–Crippen LogP) is 4.63. The van der Waals surface area contributed by atoms with Gasteiger partial charge in [-0.15, -0.1) is 10.1 Å². The molecule has 162 valence electrons. The van der Waals surface area contributed by atoms with Crippen LogP contribution in [0.1, 0.15) is 48.8 Å². The van der Waals surface area contributed by atoms with Crippen molar-refractivity contribution >= 4 is 46.5 Å². The number of aryl methyl sites for hydroxylation is 1. The Morgan fingerprint density at radius 1 is 1.32 bits per heavy atom. The molecule has 3 atom stereocenters. The lowest BCUT2D eigenvalue weighted by Gasteiger charge is -2.43. The Morgan fingerprint density at radius 3 is 2.84 bits per heavy atom. The van der Waals surface area contributed by atoms with E-state index in [0.29, 0.717) is 28.8 Å². The molecule has 4 heterocycles. The molecule has 6 nitrogen and oxygen atoms in total. The van der Waals surface area contributed by atoms with Crippen molar-refractivity contribution in [2.24, 2.45) is 10.7 Å². The molecule has 5 rings (SSSR count). The minimum Gasteiger partial charge on any atom is -0.493 e. The monoisotopic (exact) mass is 474 g/mol. The minimum absolute atomic E-state index is 0.0293. The van der Waals surface area contributed by atoms with Gasteiger partial charge in [-0.25, -0.2) is 4.98 Å². The first-order chi connectivity index (χ1) is 14.6. The number of aromatic nitrogens is 1. The fraction of sp³-hybridized carbons (Fsp3) is 0.409. The maximum atomic E-state index is 12.9. The normalized spacial score (nSPS) is 30.2. The smallest absolute Gasteiger partial charge is 0.274 e. The van der Waals surface area contributed by atoms with Gasteiger partial charge in [0.15, 0.2) is 0 Å². The van der Waals surface area contributed by atoms with Crippen LogP contribution in [0.5, 0.6) is 5.75 Å². The second kappa shape index (κ2) is 6.77. The van der Waals surface area contributed by atoms with Crippen molar-refractivity contribution in [1.29, 1.82) is 0 Å². The molecule has 1 aromatic heterocycles. The van der Waals surface area contributed by atoms with Crippen LogP contribution in [0.15, 0.2) is 35.5 Å². The van der Waals surface area contributed by atoms with E-state index >= 15 is 0 Å². The van der Waals surface area contributed by atoms with Crippen molar-refractivity contribution in [3.8, 4) is 5.75 Å². The van der Waals surface area contributed by atoms with E-state index in [1.165, 1.54) is 13.6 Å². The highest BCUT2D eigenvalue weighted by molar-refractivity contribution is 8.39. The number of anilines is 1. The number of nitrogens with two attached hydrogens (primary N) is 1. The quantitative estimate of drug-likeness (QED) is 0.621. The predicted molar refractivity (Wildman–Crippen MR) is 129 cm³/mol. The Balaban J connectivity index is 1.55. The summed E-state index contributed by atoms with van der Waals surface area (Å²) < 4.78 is 6.06. The highest BCUT2D eigenvalue weighted by atomic mass is 35.5. The summed E-state index contributed by atoms with van der Waals surface area (Å²) in [4.78, 5) is 22.1. The molecule has 3 N–H and O–H groups in total. The first-order valence-electron chi connectivity index (χ1n) is 10.1. The first-order valence-corrected chi connectivity index (χ1v) is 13.2. The van der Waals surface area contributed by atoms with Gasteiger partial charge in [0.2, 0.25) is 0 Å². The lowest BCUT2D eigenvalue weighted by Crippen LogP contribution is -2.55. The number of amidine groups is 1. The number of nitrogens with one attached hydrogen (secondary N) is 1. The molecule has 1 amide bonds. The zero-order valence-corrected chi connectivity index (χ0v) is 20.3. The van der Waals surface area contributed by atoms with Gasteiger partial charge in [-0.05, 0) is 57.5 Å². The van der Waals surface area contributed by atoms with Crippen LogP contribution in [0.2, 0.25) is 5.02 Å². The largest absolute Gasteiger partial charge is 0.493 e. The number of carbonyl (C=O) groups excluding carboxylic acids is 1. The fourth-order valence-electron chi connectivity index (χ4n) is 4.54. The molecule has 1 aromatic carbocycles. The number of halogens is 1. The van der Waals surface area contributed by atoms with Crippen LogP contribution in [0, 0.1) is 6.92 Å². The third kappa shape index (κ3) is 2.97. The van der Waals surface area contributed by atoms with E-state index in [1.54, 1.807) is 6.07 Å². The summed E-state index contributed by atoms with van der Waals surface area (Å²) in [6, 6.07) is 7.48. The Kier molecular flexibility index (Phi) is 4.57. The Labute approximate surface area is 190 Å². The summed E-state index contributed by atoms with van der Waals surface area (Å²) in [5.74, 6) is 1.22. The highest BCUT2D eigenvalue weighted by Gasteiger charge is 2.67. The van der Waals surface area contributed by atoms with Gasteiger partial charge in [-0.2, -0.15) is 0 Å². The van der Waals surface area contributed by atoms with E-state index in [1.807, 2.05) is 25.1 Å². The van der Waals surface area contributed by atoms with Gasteiger partial charge in [0.05, 0.1) is 20.9 Å². The second-order valence-electron chi connectivity index (χ2n) is 8.82. The fourth-order valence-corrected chi connectivity index (χ4v) is 12.0. The van der Waals surface area contributed by atoms with Gasteiger partial charge >= 0.3 is 0 Å². The Bertz CT molecular complexity index is 1210. The number of carbonyl (C=O) groups is 1. The number of amides is 1. The van der Waals surface area contributed by atoms with E-state index < -0.39 is 5.54 Å². The van der Waals surface area contributed by atoms with Gasteiger partial charge in [-0.1, -0.05) is 19.0 Å². The number of ether oxygens (including phenoxy) is 1. The third-order valence-corrected chi connectivity index (χ3v) is 13.9. The van der Waals surface area contributed by atoms with Crippen molar-refractivity contribution in [2.45, 2.75) is 48.9 Å². The van der Waals surface area contributed by atoms with E-state index in [0.717, 1.165) is 23.3 Å². The van der Waals surface area contributed by atoms with Crippen LogP contribution in [0.25, 0.3) is 0 Å². The number of hydrogen-bond acceptors (Lipinski definition) is 5. The third-order valence-electron chi connectivity index (χ3n) is 6.45. The number of fused-ring (bicyclic) bond motifs is 2. The highest BCUT2D eigenvalue weighted by Crippen LogP contribution is 2.70. The number of aliphatic imine (C=N–C) groups is 1. The molecule has 0 fully saturated rings. The van der Waals surface area contributed by atoms with Crippen LogP contribution in [0.3, 0.4) is 0 Å². The van der Waals surface area contributed by atoms with Crippen LogP contribution < -0.4 is 15.8 Å². The van der Waals surface area contributed by atoms with Crippen LogP contribution in [-0.2, 0) is 15.6 Å². The van der Waals surface area contributed by atoms with Gasteiger partial charge in [-0.3, -0.25) is 9.79 Å². The minimum atomic E-state index is -0.488. The average Bonchev–Trinajstić information content (AvgIpc) is 3.46. The van der Waals surface area contributed by atoms with Gasteiger partial charge in [0.1, 0.15) is 22.8 Å². The number of nitrogens with zero attached hydrogens (tertiary/aromatic N) is 2. The van der Waals surface area contributed by atoms with Crippen LogP contribution >= 0.6 is 19.0 Å². The number of pyridine rings is 1. The molecule has 9 heteroatoms. The van der Waals surface area contributed by atoms with Gasteiger partial charge < -0.3 is 15.8 Å². The number of benzene rings is 1. The number of hydrogen-bond donors (Lipinski definition) is 2. The molecule has 31 heavy (non-hydrogen) atoms. The molecule has 0 saturated carbocycles. The molecule has 0 saturated heterocycles. The Hall–Kier alpha value is -1.95. The van der Waals surface area contributed by atoms with Crippen molar-refractivity contribution in [1.82, 2.24) is 4.98 Å². The molecular weight excluding hydrogens is 451 g/mol. The van der Waals surface area contributed by atoms with E-state index in [4.69, 9.17) is 27.1 Å². The first kappa shape index (κ1) is 20.9. The zero-order valence-electron chi connectivity index (χ0n) is 17.8. The lowest BCUT2D eigenvalue weighted by molar-refractivity contribution is 0.102. The molecular formula is C22H24ClN4O2PS. The van der Waals surface area contributed by atoms with Crippen LogP contribution in [0.4, 0.5) is 5.69 Å². The molecule has 0 aliphatic carbocycles.